The molecular weight excluding hydrogens is 318 g/mol. The second-order valence-electron chi connectivity index (χ2n) is 4.09. The van der Waals surface area contributed by atoms with Gasteiger partial charge in [-0.05, 0) is 42.8 Å². The predicted octanol–water partition coefficient (Wildman–Crippen LogP) is 4.28. The number of hydrogen-bond donors (Lipinski definition) is 1. The largest absolute Gasteiger partial charge is 0.362 e. The lowest BCUT2D eigenvalue weighted by molar-refractivity contribution is 0.392. The minimum Gasteiger partial charge on any atom is -0.362 e. The van der Waals surface area contributed by atoms with Crippen molar-refractivity contribution in [3.8, 4) is 0 Å². The Morgan fingerprint density at radius 2 is 2.17 bits per heavy atom. The number of hydrogen-bond acceptors (Lipinski definition) is 4. The van der Waals surface area contributed by atoms with E-state index in [1.807, 2.05) is 20.8 Å². The van der Waals surface area contributed by atoms with Gasteiger partial charge < -0.3 is 9.84 Å². The standard InChI is InChI=1S/C12H13BrClN3O/c1-6(11-7(2)17-18-8(11)3)16-12-10(14)4-9(13)5-15-12/h4-6H,1-3H3,(H,15,16). The van der Waals surface area contributed by atoms with Crippen LogP contribution < -0.4 is 5.32 Å². The van der Waals surface area contributed by atoms with Crippen molar-refractivity contribution in [2.75, 3.05) is 5.32 Å². The third-order valence-electron chi connectivity index (χ3n) is 2.68. The summed E-state index contributed by atoms with van der Waals surface area (Å²) in [7, 11) is 0. The van der Waals surface area contributed by atoms with Gasteiger partial charge in [0.15, 0.2) is 0 Å². The Morgan fingerprint density at radius 3 is 2.72 bits per heavy atom. The maximum Gasteiger partial charge on any atom is 0.145 e. The molecule has 4 nitrogen and oxygen atoms in total. The van der Waals surface area contributed by atoms with Gasteiger partial charge in [-0.25, -0.2) is 4.98 Å². The van der Waals surface area contributed by atoms with Crippen LogP contribution in [-0.4, -0.2) is 10.1 Å². The predicted molar refractivity (Wildman–Crippen MR) is 75.0 cm³/mol. The highest BCUT2D eigenvalue weighted by atomic mass is 79.9. The van der Waals surface area contributed by atoms with E-state index in [-0.39, 0.29) is 6.04 Å². The average Bonchev–Trinajstić information content (AvgIpc) is 2.62. The van der Waals surface area contributed by atoms with Crippen LogP contribution in [0.2, 0.25) is 5.02 Å². The van der Waals surface area contributed by atoms with Crippen molar-refractivity contribution in [3.05, 3.63) is 38.8 Å². The van der Waals surface area contributed by atoms with Gasteiger partial charge in [-0.1, -0.05) is 16.8 Å². The molecule has 0 aromatic carbocycles. The monoisotopic (exact) mass is 329 g/mol. The SMILES string of the molecule is Cc1noc(C)c1C(C)Nc1ncc(Br)cc1Cl. The third kappa shape index (κ3) is 2.67. The quantitative estimate of drug-likeness (QED) is 0.913. The van der Waals surface area contributed by atoms with Crippen LogP contribution in [0.1, 0.15) is 30.0 Å². The summed E-state index contributed by atoms with van der Waals surface area (Å²) in [5.74, 6) is 1.45. The molecule has 0 fully saturated rings. The maximum absolute atomic E-state index is 6.12. The molecule has 0 bridgehead atoms. The van der Waals surface area contributed by atoms with Crippen molar-refractivity contribution in [2.45, 2.75) is 26.8 Å². The molecule has 1 N–H and O–H groups in total. The second kappa shape index (κ2) is 5.28. The number of halogens is 2. The van der Waals surface area contributed by atoms with E-state index >= 15 is 0 Å². The molecule has 2 aromatic heterocycles. The molecule has 6 heteroatoms. The highest BCUT2D eigenvalue weighted by Crippen LogP contribution is 2.28. The molecule has 1 atom stereocenters. The van der Waals surface area contributed by atoms with Crippen LogP contribution in [0, 0.1) is 13.8 Å². The average molecular weight is 331 g/mol. The van der Waals surface area contributed by atoms with Crippen LogP contribution in [0.3, 0.4) is 0 Å². The number of rotatable bonds is 3. The summed E-state index contributed by atoms with van der Waals surface area (Å²) in [4.78, 5) is 4.25. The summed E-state index contributed by atoms with van der Waals surface area (Å²) in [6, 6.07) is 1.83. The van der Waals surface area contributed by atoms with Crippen molar-refractivity contribution in [1.29, 1.82) is 0 Å². The molecule has 0 amide bonds. The Kier molecular flexibility index (Phi) is 3.92. The van der Waals surface area contributed by atoms with Crippen LogP contribution >= 0.6 is 27.5 Å². The van der Waals surface area contributed by atoms with Gasteiger partial charge >= 0.3 is 0 Å². The fraction of sp³-hybridized carbons (Fsp3) is 0.333. The number of aryl methyl sites for hydroxylation is 2. The Hall–Kier alpha value is -1.07. The number of nitrogens with one attached hydrogen (secondary N) is 1. The molecule has 0 aliphatic heterocycles. The molecule has 0 spiro atoms. The third-order valence-corrected chi connectivity index (χ3v) is 3.40. The Morgan fingerprint density at radius 1 is 1.44 bits per heavy atom. The molecule has 18 heavy (non-hydrogen) atoms. The first kappa shape index (κ1) is 13.4. The molecule has 2 rings (SSSR count). The summed E-state index contributed by atoms with van der Waals surface area (Å²) in [6.45, 7) is 5.83. The van der Waals surface area contributed by atoms with E-state index in [0.717, 1.165) is 21.5 Å². The highest BCUT2D eigenvalue weighted by molar-refractivity contribution is 9.10. The molecule has 0 saturated carbocycles. The number of pyridine rings is 1. The van der Waals surface area contributed by atoms with Gasteiger partial charge in [-0.15, -0.1) is 0 Å². The fourth-order valence-electron chi connectivity index (χ4n) is 1.91. The Labute approximate surface area is 119 Å². The summed E-state index contributed by atoms with van der Waals surface area (Å²) >= 11 is 9.45. The van der Waals surface area contributed by atoms with Gasteiger partial charge in [0.25, 0.3) is 0 Å². The van der Waals surface area contributed by atoms with Gasteiger partial charge in [-0.2, -0.15) is 0 Å². The molecule has 0 radical (unpaired) electrons. The van der Waals surface area contributed by atoms with E-state index in [4.69, 9.17) is 16.1 Å². The van der Waals surface area contributed by atoms with E-state index < -0.39 is 0 Å². The fourth-order valence-corrected chi connectivity index (χ4v) is 2.59. The number of aromatic nitrogens is 2. The number of nitrogens with zero attached hydrogens (tertiary/aromatic N) is 2. The summed E-state index contributed by atoms with van der Waals surface area (Å²) in [6.07, 6.45) is 1.70. The summed E-state index contributed by atoms with van der Waals surface area (Å²) in [5.41, 5.74) is 1.91. The van der Waals surface area contributed by atoms with Crippen LogP contribution in [0.15, 0.2) is 21.3 Å². The zero-order chi connectivity index (χ0) is 13.3. The number of anilines is 1. The normalized spacial score (nSPS) is 12.5. The lowest BCUT2D eigenvalue weighted by Gasteiger charge is -2.15. The zero-order valence-corrected chi connectivity index (χ0v) is 12.6. The first-order valence-electron chi connectivity index (χ1n) is 5.49. The van der Waals surface area contributed by atoms with Gasteiger partial charge in [-0.3, -0.25) is 0 Å². The minimum atomic E-state index is 0.0300. The molecule has 2 heterocycles. The van der Waals surface area contributed by atoms with Crippen LogP contribution in [-0.2, 0) is 0 Å². The lowest BCUT2D eigenvalue weighted by atomic mass is 10.1. The van der Waals surface area contributed by atoms with Crippen molar-refractivity contribution in [1.82, 2.24) is 10.1 Å². The van der Waals surface area contributed by atoms with Crippen molar-refractivity contribution < 1.29 is 4.52 Å². The first-order chi connectivity index (χ1) is 8.49. The van der Waals surface area contributed by atoms with Crippen LogP contribution in [0.5, 0.6) is 0 Å². The smallest absolute Gasteiger partial charge is 0.145 e. The van der Waals surface area contributed by atoms with Crippen LogP contribution in [0.4, 0.5) is 5.82 Å². The van der Waals surface area contributed by atoms with Crippen molar-refractivity contribution in [2.24, 2.45) is 0 Å². The van der Waals surface area contributed by atoms with E-state index in [1.54, 1.807) is 12.3 Å². The summed E-state index contributed by atoms with van der Waals surface area (Å²) in [5, 5.41) is 7.77. The van der Waals surface area contributed by atoms with Gasteiger partial charge in [0, 0.05) is 16.2 Å². The Balaban J connectivity index is 2.24. The van der Waals surface area contributed by atoms with E-state index in [2.05, 4.69) is 31.4 Å². The van der Waals surface area contributed by atoms with Crippen LogP contribution in [0.25, 0.3) is 0 Å². The topological polar surface area (TPSA) is 51.0 Å². The molecule has 0 aliphatic carbocycles. The van der Waals surface area contributed by atoms with E-state index in [9.17, 15) is 0 Å². The van der Waals surface area contributed by atoms with Crippen molar-refractivity contribution >= 4 is 33.3 Å². The molecule has 2 aromatic rings. The van der Waals surface area contributed by atoms with E-state index in [0.29, 0.717) is 10.8 Å². The summed E-state index contributed by atoms with van der Waals surface area (Å²) < 4.78 is 6.00. The second-order valence-corrected chi connectivity index (χ2v) is 5.41. The minimum absolute atomic E-state index is 0.0300. The maximum atomic E-state index is 6.12. The zero-order valence-electron chi connectivity index (χ0n) is 10.3. The molecule has 0 aliphatic rings. The molecule has 1 unspecified atom stereocenters. The van der Waals surface area contributed by atoms with Crippen molar-refractivity contribution in [3.63, 3.8) is 0 Å². The molecule has 0 saturated heterocycles. The van der Waals surface area contributed by atoms with Gasteiger partial charge in [0.1, 0.15) is 11.6 Å². The van der Waals surface area contributed by atoms with E-state index in [1.165, 1.54) is 0 Å². The first-order valence-corrected chi connectivity index (χ1v) is 6.66. The van der Waals surface area contributed by atoms with Gasteiger partial charge in [0.2, 0.25) is 0 Å². The Bertz CT molecular complexity index is 551. The molecular formula is C12H13BrClN3O. The highest BCUT2D eigenvalue weighted by Gasteiger charge is 2.17. The lowest BCUT2D eigenvalue weighted by Crippen LogP contribution is -2.09. The molecule has 96 valence electrons. The van der Waals surface area contributed by atoms with Gasteiger partial charge in [0.05, 0.1) is 16.8 Å².